The van der Waals surface area contributed by atoms with Gasteiger partial charge in [0.1, 0.15) is 0 Å². The van der Waals surface area contributed by atoms with Crippen LogP contribution in [0.25, 0.3) is 0 Å². The van der Waals surface area contributed by atoms with Gasteiger partial charge in [-0.15, -0.1) is 0 Å². The van der Waals surface area contributed by atoms with Crippen LogP contribution in [-0.2, 0) is 4.43 Å². The van der Waals surface area contributed by atoms with Gasteiger partial charge in [0, 0.05) is 12.2 Å². The molecule has 0 atom stereocenters. The van der Waals surface area contributed by atoms with Gasteiger partial charge in [0.2, 0.25) is 0 Å². The molecular formula is C19H30O2Si. The summed E-state index contributed by atoms with van der Waals surface area (Å²) >= 11 is 0. The van der Waals surface area contributed by atoms with Crippen molar-refractivity contribution in [2.75, 3.05) is 6.61 Å². The predicted octanol–water partition coefficient (Wildman–Crippen LogP) is 5.62. The summed E-state index contributed by atoms with van der Waals surface area (Å²) in [6.45, 7) is 14.1. The minimum Gasteiger partial charge on any atom is -0.417 e. The van der Waals surface area contributed by atoms with Gasteiger partial charge in [-0.1, -0.05) is 56.7 Å². The third-order valence-electron chi connectivity index (χ3n) is 4.42. The molecule has 2 nitrogen and oxygen atoms in total. The van der Waals surface area contributed by atoms with E-state index in [4.69, 9.17) is 4.43 Å². The number of allylic oxidation sites excluding steroid dienone is 2. The van der Waals surface area contributed by atoms with Crippen LogP contribution in [0.4, 0.5) is 0 Å². The van der Waals surface area contributed by atoms with Crippen LogP contribution in [0, 0.1) is 0 Å². The smallest absolute Gasteiger partial charge is 0.191 e. The van der Waals surface area contributed by atoms with Crippen LogP contribution in [-0.4, -0.2) is 20.7 Å². The van der Waals surface area contributed by atoms with E-state index in [1.807, 2.05) is 37.3 Å². The molecule has 3 heteroatoms. The van der Waals surface area contributed by atoms with Crippen molar-refractivity contribution < 1.29 is 9.22 Å². The summed E-state index contributed by atoms with van der Waals surface area (Å²) in [5, 5.41) is 0.251. The van der Waals surface area contributed by atoms with Crippen molar-refractivity contribution in [2.24, 2.45) is 0 Å². The van der Waals surface area contributed by atoms with Gasteiger partial charge >= 0.3 is 0 Å². The summed E-state index contributed by atoms with van der Waals surface area (Å²) in [7, 11) is -1.65. The van der Waals surface area contributed by atoms with Gasteiger partial charge in [-0.3, -0.25) is 4.79 Å². The van der Waals surface area contributed by atoms with E-state index >= 15 is 0 Å². The van der Waals surface area contributed by atoms with Crippen LogP contribution in [0.1, 0.15) is 50.9 Å². The van der Waals surface area contributed by atoms with Crippen molar-refractivity contribution in [2.45, 2.75) is 58.7 Å². The van der Waals surface area contributed by atoms with E-state index in [2.05, 4.69) is 33.9 Å². The zero-order chi connectivity index (χ0) is 16.8. The monoisotopic (exact) mass is 318 g/mol. The topological polar surface area (TPSA) is 26.3 Å². The largest absolute Gasteiger partial charge is 0.417 e. The summed E-state index contributed by atoms with van der Waals surface area (Å²) in [5.41, 5.74) is 1.87. The van der Waals surface area contributed by atoms with Gasteiger partial charge in [0.25, 0.3) is 0 Å². The Morgan fingerprint density at radius 3 is 2.32 bits per heavy atom. The molecule has 0 aromatic heterocycles. The standard InChI is InChI=1S/C19H30O2Si/c1-16(15-18(20)17-12-8-7-9-13-17)11-10-14-21-22(5,6)19(2,3)4/h7-9,12-13,15H,10-11,14H2,1-6H3/b16-15+. The molecule has 0 amide bonds. The van der Waals surface area contributed by atoms with E-state index in [0.29, 0.717) is 0 Å². The van der Waals surface area contributed by atoms with Gasteiger partial charge < -0.3 is 4.43 Å². The number of benzene rings is 1. The molecule has 1 aromatic rings. The molecule has 0 spiro atoms. The zero-order valence-electron chi connectivity index (χ0n) is 14.9. The summed E-state index contributed by atoms with van der Waals surface area (Å²) in [5.74, 6) is 0.0865. The van der Waals surface area contributed by atoms with E-state index in [-0.39, 0.29) is 10.8 Å². The van der Waals surface area contributed by atoms with E-state index in [9.17, 15) is 4.79 Å². The van der Waals surface area contributed by atoms with Crippen LogP contribution >= 0.6 is 0 Å². The molecule has 1 aromatic carbocycles. The molecule has 122 valence electrons. The lowest BCUT2D eigenvalue weighted by Gasteiger charge is -2.36. The summed E-state index contributed by atoms with van der Waals surface area (Å²) in [6, 6.07) is 9.41. The number of carbonyl (C=O) groups excluding carboxylic acids is 1. The second-order valence-electron chi connectivity index (χ2n) is 7.43. The quantitative estimate of drug-likeness (QED) is 0.282. The lowest BCUT2D eigenvalue weighted by atomic mass is 10.1. The van der Waals surface area contributed by atoms with Gasteiger partial charge in [-0.05, 0) is 44.0 Å². The van der Waals surface area contributed by atoms with Gasteiger partial charge in [0.05, 0.1) is 0 Å². The molecule has 0 aliphatic rings. The van der Waals surface area contributed by atoms with E-state index in [1.165, 1.54) is 0 Å². The fourth-order valence-electron chi connectivity index (χ4n) is 1.88. The van der Waals surface area contributed by atoms with E-state index in [0.717, 1.165) is 30.6 Å². The Morgan fingerprint density at radius 1 is 1.18 bits per heavy atom. The summed E-state index contributed by atoms with van der Waals surface area (Å²) in [6.07, 6.45) is 3.63. The highest BCUT2D eigenvalue weighted by Crippen LogP contribution is 2.36. The van der Waals surface area contributed by atoms with Crippen molar-refractivity contribution >= 4 is 14.1 Å². The molecule has 0 fully saturated rings. The average molecular weight is 319 g/mol. The Hall–Kier alpha value is -1.19. The van der Waals surface area contributed by atoms with Crippen LogP contribution in [0.15, 0.2) is 42.0 Å². The molecule has 0 N–H and O–H groups in total. The zero-order valence-corrected chi connectivity index (χ0v) is 15.9. The maximum absolute atomic E-state index is 12.1. The van der Waals surface area contributed by atoms with Gasteiger partial charge in [-0.25, -0.2) is 0 Å². The Kier molecular flexibility index (Phi) is 6.76. The third kappa shape index (κ3) is 5.89. The minimum absolute atomic E-state index is 0.0865. The second-order valence-corrected chi connectivity index (χ2v) is 12.2. The lowest BCUT2D eigenvalue weighted by molar-refractivity contribution is 0.104. The first-order valence-electron chi connectivity index (χ1n) is 8.04. The summed E-state index contributed by atoms with van der Waals surface area (Å²) < 4.78 is 6.16. The first-order valence-corrected chi connectivity index (χ1v) is 10.9. The predicted molar refractivity (Wildman–Crippen MR) is 96.9 cm³/mol. The number of carbonyl (C=O) groups is 1. The van der Waals surface area contributed by atoms with Crippen molar-refractivity contribution in [1.29, 1.82) is 0 Å². The minimum atomic E-state index is -1.65. The molecule has 0 aliphatic heterocycles. The number of rotatable bonds is 7. The molecule has 0 unspecified atom stereocenters. The maximum Gasteiger partial charge on any atom is 0.191 e. The highest BCUT2D eigenvalue weighted by Gasteiger charge is 2.36. The fourth-order valence-corrected chi connectivity index (χ4v) is 2.96. The van der Waals surface area contributed by atoms with Crippen LogP contribution in [0.2, 0.25) is 18.1 Å². The highest BCUT2D eigenvalue weighted by atomic mass is 28.4. The number of hydrogen-bond acceptors (Lipinski definition) is 2. The Balaban J connectivity index is 2.42. The highest BCUT2D eigenvalue weighted by molar-refractivity contribution is 6.74. The van der Waals surface area contributed by atoms with E-state index in [1.54, 1.807) is 6.08 Å². The van der Waals surface area contributed by atoms with Gasteiger partial charge in [0.15, 0.2) is 14.1 Å². The molecule has 22 heavy (non-hydrogen) atoms. The fraction of sp³-hybridized carbons (Fsp3) is 0.526. The van der Waals surface area contributed by atoms with Crippen LogP contribution < -0.4 is 0 Å². The molecule has 0 saturated carbocycles. The maximum atomic E-state index is 12.1. The first-order chi connectivity index (χ1) is 10.1. The first kappa shape index (κ1) is 18.9. The van der Waals surface area contributed by atoms with Crippen molar-refractivity contribution in [3.8, 4) is 0 Å². The molecule has 1 rings (SSSR count). The molecule has 0 radical (unpaired) electrons. The molecule has 0 saturated heterocycles. The molecule has 0 bridgehead atoms. The van der Waals surface area contributed by atoms with Crippen LogP contribution in [0.5, 0.6) is 0 Å². The molecular weight excluding hydrogens is 288 g/mol. The molecule has 0 aliphatic carbocycles. The Bertz CT molecular complexity index is 510. The Morgan fingerprint density at radius 2 is 1.77 bits per heavy atom. The third-order valence-corrected chi connectivity index (χ3v) is 8.96. The van der Waals surface area contributed by atoms with Crippen molar-refractivity contribution in [3.63, 3.8) is 0 Å². The molecule has 0 heterocycles. The van der Waals surface area contributed by atoms with Crippen molar-refractivity contribution in [3.05, 3.63) is 47.5 Å². The SMILES string of the molecule is C/C(=C\C(=O)c1ccccc1)CCCO[Si](C)(C)C(C)(C)C. The van der Waals surface area contributed by atoms with Crippen molar-refractivity contribution in [1.82, 2.24) is 0 Å². The summed E-state index contributed by atoms with van der Waals surface area (Å²) in [4.78, 5) is 12.1. The Labute approximate surface area is 136 Å². The van der Waals surface area contributed by atoms with E-state index < -0.39 is 8.32 Å². The van der Waals surface area contributed by atoms with Gasteiger partial charge in [-0.2, -0.15) is 0 Å². The lowest BCUT2D eigenvalue weighted by Crippen LogP contribution is -2.40. The average Bonchev–Trinajstić information content (AvgIpc) is 2.43. The number of hydrogen-bond donors (Lipinski definition) is 0. The number of ketones is 1. The second kappa shape index (κ2) is 7.89. The normalized spacial score (nSPS) is 13.3. The van der Waals surface area contributed by atoms with Crippen LogP contribution in [0.3, 0.4) is 0 Å².